The van der Waals surface area contributed by atoms with Gasteiger partial charge < -0.3 is 15.0 Å². The molecule has 0 aliphatic carbocycles. The second-order valence-electron chi connectivity index (χ2n) is 7.54. The van der Waals surface area contributed by atoms with Crippen molar-refractivity contribution in [3.63, 3.8) is 0 Å². The van der Waals surface area contributed by atoms with Gasteiger partial charge >= 0.3 is 0 Å². The van der Waals surface area contributed by atoms with Crippen LogP contribution in [-0.2, 0) is 4.79 Å². The Labute approximate surface area is 185 Å². The summed E-state index contributed by atoms with van der Waals surface area (Å²) in [5.74, 6) is 0.630. The molecule has 1 atom stereocenters. The zero-order chi connectivity index (χ0) is 22.5. The number of hydrogen-bond acceptors (Lipinski definition) is 7. The Bertz CT molecular complexity index is 1120. The Morgan fingerprint density at radius 3 is 2.75 bits per heavy atom. The van der Waals surface area contributed by atoms with E-state index in [0.717, 1.165) is 36.5 Å². The average Bonchev–Trinajstić information content (AvgIpc) is 2.85. The average molecular weight is 433 g/mol. The zero-order valence-corrected chi connectivity index (χ0v) is 17.6. The fraction of sp³-hybridized carbons (Fsp3) is 0.261. The van der Waals surface area contributed by atoms with Crippen LogP contribution in [0.15, 0.2) is 60.9 Å². The summed E-state index contributed by atoms with van der Waals surface area (Å²) >= 11 is 0. The number of amides is 1. The molecule has 0 bridgehead atoms. The number of nitro benzene ring substituents is 1. The molecule has 1 aliphatic heterocycles. The number of nitro groups is 1. The number of nitrogens with zero attached hydrogens (tertiary/aromatic N) is 4. The predicted molar refractivity (Wildman–Crippen MR) is 121 cm³/mol. The summed E-state index contributed by atoms with van der Waals surface area (Å²) in [6.07, 6.45) is 3.14. The van der Waals surface area contributed by atoms with Crippen LogP contribution in [0.3, 0.4) is 0 Å². The molecule has 32 heavy (non-hydrogen) atoms. The molecule has 0 radical (unpaired) electrons. The van der Waals surface area contributed by atoms with Gasteiger partial charge in [-0.1, -0.05) is 30.3 Å². The Morgan fingerprint density at radius 1 is 1.19 bits per heavy atom. The number of carbonyl (C=O) groups excluding carboxylic acids is 1. The van der Waals surface area contributed by atoms with Crippen LogP contribution in [0.25, 0.3) is 11.3 Å². The van der Waals surface area contributed by atoms with Crippen LogP contribution in [0.2, 0.25) is 0 Å². The first kappa shape index (κ1) is 21.2. The highest BCUT2D eigenvalue weighted by atomic mass is 16.6. The Balaban J connectivity index is 1.48. The third-order valence-corrected chi connectivity index (χ3v) is 5.49. The van der Waals surface area contributed by atoms with Crippen LogP contribution in [0, 0.1) is 16.0 Å². The molecule has 0 saturated carbocycles. The molecular weight excluding hydrogens is 410 g/mol. The number of hydrogen-bond donors (Lipinski definition) is 1. The topological polar surface area (TPSA) is 110 Å². The van der Waals surface area contributed by atoms with Crippen LogP contribution >= 0.6 is 0 Å². The minimum Gasteiger partial charge on any atom is -0.494 e. The highest BCUT2D eigenvalue weighted by Crippen LogP contribution is 2.31. The number of ether oxygens (including phenoxy) is 1. The van der Waals surface area contributed by atoms with Gasteiger partial charge in [-0.3, -0.25) is 14.9 Å². The summed E-state index contributed by atoms with van der Waals surface area (Å²) in [6.45, 7) is 1.32. The summed E-state index contributed by atoms with van der Waals surface area (Å²) in [5.41, 5.74) is 2.15. The summed E-state index contributed by atoms with van der Waals surface area (Å²) in [7, 11) is 1.41. The van der Waals surface area contributed by atoms with Crippen LogP contribution < -0.4 is 15.0 Å². The number of non-ortho nitro benzene ring substituents is 1. The molecule has 1 amide bonds. The SMILES string of the molecule is COc1cc([N+](=O)[O-])ccc1NC(=O)C1CCCN(c2cc(-c3ccccc3)ncn2)C1. The quantitative estimate of drug-likeness (QED) is 0.463. The van der Waals surface area contributed by atoms with Crippen LogP contribution in [0.5, 0.6) is 5.75 Å². The molecule has 9 nitrogen and oxygen atoms in total. The van der Waals surface area contributed by atoms with Crippen molar-refractivity contribution in [1.29, 1.82) is 0 Å². The molecule has 0 spiro atoms. The van der Waals surface area contributed by atoms with Crippen molar-refractivity contribution in [2.24, 2.45) is 5.92 Å². The van der Waals surface area contributed by atoms with E-state index in [4.69, 9.17) is 4.74 Å². The Kier molecular flexibility index (Phi) is 6.25. The number of nitrogens with one attached hydrogen (secondary N) is 1. The van der Waals surface area contributed by atoms with Crippen molar-refractivity contribution in [3.8, 4) is 17.0 Å². The number of carbonyl (C=O) groups is 1. The lowest BCUT2D eigenvalue weighted by Gasteiger charge is -2.33. The van der Waals surface area contributed by atoms with Crippen molar-refractivity contribution >= 4 is 23.1 Å². The molecule has 164 valence electrons. The van der Waals surface area contributed by atoms with Crippen molar-refractivity contribution < 1.29 is 14.5 Å². The molecule has 2 heterocycles. The third-order valence-electron chi connectivity index (χ3n) is 5.49. The van der Waals surface area contributed by atoms with Gasteiger partial charge in [-0.25, -0.2) is 9.97 Å². The minimum atomic E-state index is -0.501. The van der Waals surface area contributed by atoms with E-state index >= 15 is 0 Å². The number of methoxy groups -OCH3 is 1. The van der Waals surface area contributed by atoms with Gasteiger partial charge in [0.1, 0.15) is 17.9 Å². The first-order chi connectivity index (χ1) is 15.5. The van der Waals surface area contributed by atoms with Gasteiger partial charge in [-0.05, 0) is 18.9 Å². The summed E-state index contributed by atoms with van der Waals surface area (Å²) < 4.78 is 5.22. The Hall–Kier alpha value is -4.01. The first-order valence-electron chi connectivity index (χ1n) is 10.3. The summed E-state index contributed by atoms with van der Waals surface area (Å²) in [5, 5.41) is 13.8. The second-order valence-corrected chi connectivity index (χ2v) is 7.54. The smallest absolute Gasteiger partial charge is 0.273 e. The van der Waals surface area contributed by atoms with E-state index in [2.05, 4.69) is 20.2 Å². The molecular formula is C23H23N5O4. The van der Waals surface area contributed by atoms with E-state index in [9.17, 15) is 14.9 Å². The molecule has 2 aromatic carbocycles. The van der Waals surface area contributed by atoms with Gasteiger partial charge in [0.05, 0.1) is 35.4 Å². The van der Waals surface area contributed by atoms with Gasteiger partial charge in [0.2, 0.25) is 5.91 Å². The van der Waals surface area contributed by atoms with E-state index in [0.29, 0.717) is 12.2 Å². The van der Waals surface area contributed by atoms with Crippen molar-refractivity contribution in [3.05, 3.63) is 71.0 Å². The lowest BCUT2D eigenvalue weighted by Crippen LogP contribution is -2.41. The second kappa shape index (κ2) is 9.42. The Morgan fingerprint density at radius 2 is 2.00 bits per heavy atom. The van der Waals surface area contributed by atoms with E-state index < -0.39 is 4.92 Å². The molecule has 1 fully saturated rings. The van der Waals surface area contributed by atoms with E-state index in [-0.39, 0.29) is 23.3 Å². The van der Waals surface area contributed by atoms with E-state index in [1.165, 1.54) is 25.3 Å². The number of anilines is 2. The van der Waals surface area contributed by atoms with Crippen LogP contribution in [0.4, 0.5) is 17.2 Å². The summed E-state index contributed by atoms with van der Waals surface area (Å²) in [4.78, 5) is 34.3. The predicted octanol–water partition coefficient (Wildman–Crippen LogP) is 3.92. The summed E-state index contributed by atoms with van der Waals surface area (Å²) in [6, 6.07) is 16.0. The van der Waals surface area contributed by atoms with Crippen LogP contribution in [0.1, 0.15) is 12.8 Å². The van der Waals surface area contributed by atoms with Gasteiger partial charge in [0, 0.05) is 30.8 Å². The van der Waals surface area contributed by atoms with Crippen LogP contribution in [-0.4, -0.2) is 41.0 Å². The minimum absolute atomic E-state index is 0.0957. The van der Waals surface area contributed by atoms with Gasteiger partial charge in [0.15, 0.2) is 0 Å². The lowest BCUT2D eigenvalue weighted by molar-refractivity contribution is -0.384. The molecule has 1 aromatic heterocycles. The number of rotatable bonds is 6. The molecule has 1 aliphatic rings. The number of piperidine rings is 1. The monoisotopic (exact) mass is 433 g/mol. The molecule has 4 rings (SSSR count). The molecule has 1 N–H and O–H groups in total. The highest BCUT2D eigenvalue weighted by molar-refractivity contribution is 5.94. The van der Waals surface area contributed by atoms with Crippen molar-refractivity contribution in [1.82, 2.24) is 9.97 Å². The maximum atomic E-state index is 13.0. The van der Waals surface area contributed by atoms with Gasteiger partial charge in [0.25, 0.3) is 5.69 Å². The van der Waals surface area contributed by atoms with E-state index in [1.807, 2.05) is 36.4 Å². The fourth-order valence-corrected chi connectivity index (χ4v) is 3.82. The van der Waals surface area contributed by atoms with Crippen molar-refractivity contribution in [2.75, 3.05) is 30.4 Å². The van der Waals surface area contributed by atoms with Crippen molar-refractivity contribution in [2.45, 2.75) is 12.8 Å². The zero-order valence-electron chi connectivity index (χ0n) is 17.6. The number of benzene rings is 2. The molecule has 1 unspecified atom stereocenters. The first-order valence-corrected chi connectivity index (χ1v) is 10.3. The fourth-order valence-electron chi connectivity index (χ4n) is 3.82. The molecule has 9 heteroatoms. The molecule has 3 aromatic rings. The maximum Gasteiger partial charge on any atom is 0.273 e. The standard InChI is InChI=1S/C23H23N5O4/c1-32-21-12-18(28(30)31)9-10-19(21)26-23(29)17-8-5-11-27(14-17)22-13-20(24-15-25-22)16-6-3-2-4-7-16/h2-4,6-7,9-10,12-13,15,17H,5,8,11,14H2,1H3,(H,26,29). The largest absolute Gasteiger partial charge is 0.494 e. The highest BCUT2D eigenvalue weighted by Gasteiger charge is 2.27. The van der Waals surface area contributed by atoms with Gasteiger partial charge in [-0.2, -0.15) is 0 Å². The molecule has 1 saturated heterocycles. The number of aromatic nitrogens is 2. The van der Waals surface area contributed by atoms with E-state index in [1.54, 1.807) is 6.33 Å². The van der Waals surface area contributed by atoms with Gasteiger partial charge in [-0.15, -0.1) is 0 Å². The normalized spacial score (nSPS) is 15.8. The maximum absolute atomic E-state index is 13.0. The lowest BCUT2D eigenvalue weighted by atomic mass is 9.97. The third kappa shape index (κ3) is 4.66.